The lowest BCUT2D eigenvalue weighted by Crippen LogP contribution is -2.55. The Kier molecular flexibility index (Phi) is 15.2. The zero-order valence-corrected chi connectivity index (χ0v) is 26.0. The quantitative estimate of drug-likeness (QED) is 0.108. The monoisotopic (exact) mass is 649 g/mol. The van der Waals surface area contributed by atoms with Gasteiger partial charge in [-0.2, -0.15) is 0 Å². The van der Waals surface area contributed by atoms with E-state index < -0.39 is 95.9 Å². The molecule has 256 valence electrons. The molecule has 2 rings (SSSR count). The zero-order valence-electron chi connectivity index (χ0n) is 26.0. The molecule has 18 heteroatoms. The van der Waals surface area contributed by atoms with E-state index in [2.05, 4.69) is 31.6 Å². The van der Waals surface area contributed by atoms with Gasteiger partial charge < -0.3 is 55.3 Å². The molecule has 1 saturated heterocycles. The highest BCUT2D eigenvalue weighted by Gasteiger charge is 2.35. The Morgan fingerprint density at radius 2 is 1.83 bits per heavy atom. The molecule has 0 spiro atoms. The topological polar surface area (TPSA) is 322 Å². The number of rotatable bonds is 9. The summed E-state index contributed by atoms with van der Waals surface area (Å²) >= 11 is 0. The second-order valence-corrected chi connectivity index (χ2v) is 11.6. The van der Waals surface area contributed by atoms with E-state index in [1.54, 1.807) is 0 Å². The maximum absolute atomic E-state index is 13.6. The van der Waals surface area contributed by atoms with Crippen LogP contribution in [0.3, 0.4) is 0 Å². The molecule has 6 amide bonds. The molecule has 2 aliphatic rings. The Morgan fingerprint density at radius 3 is 2.48 bits per heavy atom. The van der Waals surface area contributed by atoms with Crippen molar-refractivity contribution in [1.29, 1.82) is 0 Å². The molecule has 15 N–H and O–H groups in total. The number of primary amides is 1. The fraction of sp³-hybridized carbons (Fsp3) is 0.643. The average molecular weight is 650 g/mol. The Labute approximate surface area is 266 Å². The SMILES string of the molecule is CC1CC(=O)C(N)CNC(=O)C(C2CCCC(N)=N2)CC(=O)/C(=C/NC(N)=O)NC(=O)C(CNC(=O)CC(N)CCCN)NC1=O. The summed E-state index contributed by atoms with van der Waals surface area (Å²) in [7, 11) is 0. The van der Waals surface area contributed by atoms with Crippen molar-refractivity contribution < 1.29 is 33.6 Å². The number of amides is 6. The number of nitrogens with two attached hydrogens (primary N) is 5. The molecule has 0 aromatic heterocycles. The standard InChI is InChI=1S/C28H47N11O7/c1-14-8-21(40)17(31)11-35-26(44)16(18-5-2-6-23(32)37-18)10-22(41)19(12-36-28(33)46)38-27(45)20(39-25(14)43)13-34-24(42)9-15(30)4-3-7-29/h12,14-18,20H,2-11,13,29-31H2,1H3,(H2,32,37)(H,34,42)(H,35,44)(H,38,45)(H,39,43)(H3,33,36,46)/b19-12-. The molecule has 0 aliphatic carbocycles. The van der Waals surface area contributed by atoms with Gasteiger partial charge in [-0.3, -0.25) is 33.8 Å². The predicted octanol–water partition coefficient (Wildman–Crippen LogP) is -3.79. The van der Waals surface area contributed by atoms with E-state index in [1.165, 1.54) is 6.92 Å². The van der Waals surface area contributed by atoms with E-state index in [-0.39, 0.29) is 19.4 Å². The second kappa shape index (κ2) is 18.5. The first-order valence-corrected chi connectivity index (χ1v) is 15.2. The lowest BCUT2D eigenvalue weighted by molar-refractivity contribution is -0.133. The Balaban J connectivity index is 2.43. The number of urea groups is 1. The van der Waals surface area contributed by atoms with Crippen LogP contribution in [0.4, 0.5) is 4.79 Å². The number of ketones is 2. The van der Waals surface area contributed by atoms with E-state index in [0.29, 0.717) is 44.5 Å². The van der Waals surface area contributed by atoms with E-state index in [0.717, 1.165) is 6.20 Å². The number of allylic oxidation sites excluding steroid dienone is 1. The fourth-order valence-corrected chi connectivity index (χ4v) is 4.92. The molecule has 0 bridgehead atoms. The third-order valence-corrected chi connectivity index (χ3v) is 7.62. The molecule has 6 atom stereocenters. The number of amidine groups is 1. The summed E-state index contributed by atoms with van der Waals surface area (Å²) in [4.78, 5) is 94.6. The highest BCUT2D eigenvalue weighted by molar-refractivity contribution is 6.03. The molecule has 18 nitrogen and oxygen atoms in total. The molecule has 2 aliphatic heterocycles. The van der Waals surface area contributed by atoms with Gasteiger partial charge in [0.15, 0.2) is 11.6 Å². The van der Waals surface area contributed by atoms with Gasteiger partial charge in [0.05, 0.1) is 23.8 Å². The van der Waals surface area contributed by atoms with E-state index in [9.17, 15) is 33.6 Å². The van der Waals surface area contributed by atoms with Crippen LogP contribution in [0.1, 0.15) is 58.3 Å². The molecular formula is C28H47N11O7. The van der Waals surface area contributed by atoms with Gasteiger partial charge in [0, 0.05) is 56.9 Å². The maximum Gasteiger partial charge on any atom is 0.316 e. The summed E-state index contributed by atoms with van der Waals surface area (Å²) in [5, 5.41) is 12.1. The fourth-order valence-electron chi connectivity index (χ4n) is 4.92. The highest BCUT2D eigenvalue weighted by atomic mass is 16.2. The van der Waals surface area contributed by atoms with Crippen LogP contribution in [-0.4, -0.2) is 90.9 Å². The molecular weight excluding hydrogens is 602 g/mol. The maximum atomic E-state index is 13.6. The van der Waals surface area contributed by atoms with Crippen LogP contribution >= 0.6 is 0 Å². The summed E-state index contributed by atoms with van der Waals surface area (Å²) in [6.45, 7) is 1.17. The Morgan fingerprint density at radius 1 is 1.11 bits per heavy atom. The van der Waals surface area contributed by atoms with Gasteiger partial charge in [0.25, 0.3) is 0 Å². The average Bonchev–Trinajstić information content (AvgIpc) is 3.00. The third-order valence-electron chi connectivity index (χ3n) is 7.62. The molecule has 0 radical (unpaired) electrons. The minimum atomic E-state index is -1.44. The molecule has 6 unspecified atom stereocenters. The first-order valence-electron chi connectivity index (χ1n) is 15.2. The summed E-state index contributed by atoms with van der Waals surface area (Å²) in [5.41, 5.74) is 28.1. The molecule has 1 fully saturated rings. The smallest absolute Gasteiger partial charge is 0.316 e. The zero-order chi connectivity index (χ0) is 34.4. The van der Waals surface area contributed by atoms with Crippen molar-refractivity contribution in [2.75, 3.05) is 19.6 Å². The highest BCUT2D eigenvalue weighted by Crippen LogP contribution is 2.24. The molecule has 46 heavy (non-hydrogen) atoms. The van der Waals surface area contributed by atoms with Crippen molar-refractivity contribution in [1.82, 2.24) is 26.6 Å². The van der Waals surface area contributed by atoms with Gasteiger partial charge in [-0.1, -0.05) is 6.92 Å². The van der Waals surface area contributed by atoms with Crippen LogP contribution in [0.15, 0.2) is 16.9 Å². The largest absolute Gasteiger partial charge is 0.387 e. The number of carbonyl (C=O) groups excluding carboxylic acids is 7. The number of nitrogens with zero attached hydrogens (tertiary/aromatic N) is 1. The van der Waals surface area contributed by atoms with Crippen LogP contribution < -0.4 is 55.3 Å². The predicted molar refractivity (Wildman–Crippen MR) is 167 cm³/mol. The van der Waals surface area contributed by atoms with Crippen molar-refractivity contribution in [3.63, 3.8) is 0 Å². The molecule has 0 aromatic rings. The van der Waals surface area contributed by atoms with Crippen LogP contribution in [0.25, 0.3) is 0 Å². The number of hydrogen-bond acceptors (Lipinski definition) is 12. The first-order chi connectivity index (χ1) is 21.7. The van der Waals surface area contributed by atoms with Gasteiger partial charge >= 0.3 is 6.03 Å². The van der Waals surface area contributed by atoms with E-state index in [1.807, 2.05) is 0 Å². The first kappa shape index (κ1) is 37.8. The summed E-state index contributed by atoms with van der Waals surface area (Å²) < 4.78 is 0. The summed E-state index contributed by atoms with van der Waals surface area (Å²) in [5.74, 6) is -5.83. The molecule has 2 heterocycles. The van der Waals surface area contributed by atoms with Gasteiger partial charge in [-0.25, -0.2) is 4.79 Å². The molecule has 0 saturated carbocycles. The Bertz CT molecular complexity index is 1220. The van der Waals surface area contributed by atoms with Gasteiger partial charge in [0.2, 0.25) is 23.6 Å². The summed E-state index contributed by atoms with van der Waals surface area (Å²) in [6, 6.07) is -4.83. The summed E-state index contributed by atoms with van der Waals surface area (Å²) in [6.07, 6.45) is 2.67. The van der Waals surface area contributed by atoms with Crippen molar-refractivity contribution in [3.05, 3.63) is 11.9 Å². The van der Waals surface area contributed by atoms with Gasteiger partial charge in [0.1, 0.15) is 11.7 Å². The van der Waals surface area contributed by atoms with Crippen molar-refractivity contribution in [3.8, 4) is 0 Å². The Hall–Kier alpha value is -4.42. The van der Waals surface area contributed by atoms with Gasteiger partial charge in [-0.15, -0.1) is 0 Å². The van der Waals surface area contributed by atoms with E-state index >= 15 is 0 Å². The third kappa shape index (κ3) is 12.5. The van der Waals surface area contributed by atoms with Crippen molar-refractivity contribution in [2.24, 2.45) is 45.5 Å². The number of aliphatic imine (C=N–C) groups is 1. The number of nitrogens with one attached hydrogen (secondary N) is 5. The number of Topliss-reactive ketones (excluding diaryl/α,β-unsaturated/α-hetero) is 2. The van der Waals surface area contributed by atoms with Crippen LogP contribution in [-0.2, 0) is 28.8 Å². The lowest BCUT2D eigenvalue weighted by atomic mass is 9.87. The van der Waals surface area contributed by atoms with Crippen LogP contribution in [0.2, 0.25) is 0 Å². The van der Waals surface area contributed by atoms with Crippen molar-refractivity contribution >= 4 is 47.1 Å². The second-order valence-electron chi connectivity index (χ2n) is 11.6. The number of hydrogen-bond donors (Lipinski definition) is 10. The van der Waals surface area contributed by atoms with Gasteiger partial charge in [-0.05, 0) is 32.2 Å². The van der Waals surface area contributed by atoms with E-state index in [4.69, 9.17) is 28.7 Å². The lowest BCUT2D eigenvalue weighted by Gasteiger charge is -2.28. The van der Waals surface area contributed by atoms with Crippen LogP contribution in [0, 0.1) is 11.8 Å². The minimum Gasteiger partial charge on any atom is -0.387 e. The molecule has 0 aromatic carbocycles. The number of carbonyl (C=O) groups is 7. The minimum absolute atomic E-state index is 0.0745. The van der Waals surface area contributed by atoms with Crippen molar-refractivity contribution in [2.45, 2.75) is 82.5 Å². The normalized spacial score (nSPS) is 27.1. The van der Waals surface area contributed by atoms with Crippen LogP contribution in [0.5, 0.6) is 0 Å².